The summed E-state index contributed by atoms with van der Waals surface area (Å²) < 4.78 is 54.9. The fraction of sp³-hybridized carbons (Fsp3) is 0.182. The largest absolute Gasteiger partial charge is 0.430 e. The molecule has 154 valence electrons. The van der Waals surface area contributed by atoms with E-state index >= 15 is 0 Å². The number of nitrogens with zero attached hydrogens (tertiary/aromatic N) is 4. The molecule has 2 heterocycles. The van der Waals surface area contributed by atoms with E-state index in [9.17, 15) is 28.1 Å². The Morgan fingerprint density at radius 1 is 1.06 bits per heavy atom. The minimum absolute atomic E-state index is 0.0911. The third-order valence-corrected chi connectivity index (χ3v) is 5.22. The summed E-state index contributed by atoms with van der Waals surface area (Å²) in [5.74, 6) is -3.50. The van der Waals surface area contributed by atoms with Crippen LogP contribution in [-0.2, 0) is 0 Å². The maximum atomic E-state index is 13.9. The lowest BCUT2D eigenvalue weighted by Gasteiger charge is -2.30. The van der Waals surface area contributed by atoms with Crippen molar-refractivity contribution >= 4 is 22.3 Å². The lowest BCUT2D eigenvalue weighted by atomic mass is 9.75. The highest BCUT2D eigenvalue weighted by Crippen LogP contribution is 2.45. The van der Waals surface area contributed by atoms with Gasteiger partial charge in [0.1, 0.15) is 17.4 Å². The fourth-order valence-electron chi connectivity index (χ4n) is 3.76. The second kappa shape index (κ2) is 7.37. The zero-order valence-corrected chi connectivity index (χ0v) is 16.0. The molecule has 0 bridgehead atoms. The molecule has 1 aliphatic heterocycles. The molecular weight excluding hydrogens is 410 g/mol. The van der Waals surface area contributed by atoms with Crippen LogP contribution in [-0.4, -0.2) is 22.1 Å². The summed E-state index contributed by atoms with van der Waals surface area (Å²) in [6, 6.07) is 13.1. The van der Waals surface area contributed by atoms with Crippen LogP contribution in [0.5, 0.6) is 0 Å². The maximum Gasteiger partial charge on any atom is 0.430 e. The van der Waals surface area contributed by atoms with Crippen LogP contribution in [0.2, 0.25) is 0 Å². The van der Waals surface area contributed by atoms with Crippen LogP contribution < -0.4 is 0 Å². The average Bonchev–Trinajstić information content (AvgIpc) is 3.12. The number of hydrogen-bond acceptors (Lipinski definition) is 4. The van der Waals surface area contributed by atoms with Gasteiger partial charge in [0.2, 0.25) is 0 Å². The van der Waals surface area contributed by atoms with E-state index < -0.39 is 29.5 Å². The first-order valence-corrected chi connectivity index (χ1v) is 9.15. The van der Waals surface area contributed by atoms with E-state index in [4.69, 9.17) is 0 Å². The number of nitrogens with one attached hydrogen (secondary N) is 1. The van der Waals surface area contributed by atoms with Crippen LogP contribution in [0.3, 0.4) is 0 Å². The van der Waals surface area contributed by atoms with E-state index in [0.717, 1.165) is 12.1 Å². The number of aryl methyl sites for hydroxylation is 1. The third kappa shape index (κ3) is 3.44. The van der Waals surface area contributed by atoms with Gasteiger partial charge in [-0.1, -0.05) is 6.07 Å². The van der Waals surface area contributed by atoms with E-state index in [0.29, 0.717) is 22.2 Å². The number of H-pyrrole nitrogens is 1. The van der Waals surface area contributed by atoms with Gasteiger partial charge in [0.15, 0.2) is 0 Å². The Morgan fingerprint density at radius 2 is 1.77 bits per heavy atom. The van der Waals surface area contributed by atoms with Gasteiger partial charge in [-0.2, -0.15) is 28.8 Å². The van der Waals surface area contributed by atoms with Crippen molar-refractivity contribution in [3.05, 3.63) is 70.7 Å². The minimum Gasteiger partial charge on any atom is -0.282 e. The monoisotopic (exact) mass is 423 g/mol. The molecule has 31 heavy (non-hydrogen) atoms. The molecule has 0 aliphatic carbocycles. The van der Waals surface area contributed by atoms with Crippen LogP contribution in [0, 0.1) is 41.3 Å². The van der Waals surface area contributed by atoms with Crippen LogP contribution in [0.15, 0.2) is 53.0 Å². The number of benzene rings is 2. The Morgan fingerprint density at radius 3 is 2.39 bits per heavy atom. The zero-order chi connectivity index (χ0) is 22.3. The predicted molar refractivity (Wildman–Crippen MR) is 105 cm³/mol. The standard InChI is InChI=1S/C22H13F4N5/c1-11-15-8-13(4-7-18(15)31-30-11)19-16(9-27)20(12-2-5-14(23)6-3-12)29-21(17(19)10-28)22(24,25)26/h2-8,17,19H,1H3,(H,30,31). The number of allylic oxidation sites excluding steroid dienone is 1. The zero-order valence-electron chi connectivity index (χ0n) is 16.0. The van der Waals surface area contributed by atoms with E-state index in [-0.39, 0.29) is 16.8 Å². The highest BCUT2D eigenvalue weighted by atomic mass is 19.4. The van der Waals surface area contributed by atoms with Gasteiger partial charge >= 0.3 is 6.18 Å². The normalized spacial score (nSPS) is 19.1. The molecule has 2 unspecified atom stereocenters. The fourth-order valence-corrected chi connectivity index (χ4v) is 3.76. The summed E-state index contributed by atoms with van der Waals surface area (Å²) in [4.78, 5) is 3.69. The summed E-state index contributed by atoms with van der Waals surface area (Å²) in [5, 5.41) is 27.1. The first-order chi connectivity index (χ1) is 14.7. The van der Waals surface area contributed by atoms with Gasteiger partial charge in [0.05, 0.1) is 28.9 Å². The molecule has 1 aliphatic rings. The summed E-state index contributed by atoms with van der Waals surface area (Å²) in [6.45, 7) is 1.76. The highest BCUT2D eigenvalue weighted by Gasteiger charge is 2.48. The smallest absolute Gasteiger partial charge is 0.282 e. The number of aromatic amines is 1. The van der Waals surface area contributed by atoms with Crippen molar-refractivity contribution in [2.24, 2.45) is 10.9 Å². The van der Waals surface area contributed by atoms with Gasteiger partial charge in [-0.15, -0.1) is 0 Å². The first-order valence-electron chi connectivity index (χ1n) is 9.15. The number of aromatic nitrogens is 2. The van der Waals surface area contributed by atoms with Gasteiger partial charge in [-0.05, 0) is 48.9 Å². The number of halogens is 4. The average molecular weight is 423 g/mol. The first kappa shape index (κ1) is 20.3. The second-order valence-corrected chi connectivity index (χ2v) is 7.09. The van der Waals surface area contributed by atoms with E-state index in [1.54, 1.807) is 31.2 Å². The molecule has 0 saturated heterocycles. The Hall–Kier alpha value is -3.98. The lowest BCUT2D eigenvalue weighted by Crippen LogP contribution is -2.36. The molecule has 5 nitrogen and oxygen atoms in total. The summed E-state index contributed by atoms with van der Waals surface area (Å²) >= 11 is 0. The van der Waals surface area contributed by atoms with Gasteiger partial charge in [0.25, 0.3) is 0 Å². The molecule has 0 spiro atoms. The van der Waals surface area contributed by atoms with Gasteiger partial charge < -0.3 is 0 Å². The van der Waals surface area contributed by atoms with Crippen molar-refractivity contribution in [1.29, 1.82) is 10.5 Å². The number of fused-ring (bicyclic) bond motifs is 1. The molecule has 2 atom stereocenters. The number of nitriles is 2. The van der Waals surface area contributed by atoms with Gasteiger partial charge in [-0.25, -0.2) is 9.38 Å². The Kier molecular flexibility index (Phi) is 4.82. The number of rotatable bonds is 2. The summed E-state index contributed by atoms with van der Waals surface area (Å²) in [5.41, 5.74) is 0.214. The van der Waals surface area contributed by atoms with Gasteiger partial charge in [0, 0.05) is 22.6 Å². The molecule has 0 fully saturated rings. The molecule has 2 aromatic carbocycles. The lowest BCUT2D eigenvalue weighted by molar-refractivity contribution is -0.0622. The summed E-state index contributed by atoms with van der Waals surface area (Å²) in [7, 11) is 0. The molecule has 9 heteroatoms. The van der Waals surface area contributed by atoms with Crippen molar-refractivity contribution in [1.82, 2.24) is 10.2 Å². The number of alkyl halides is 3. The molecule has 0 radical (unpaired) electrons. The topological polar surface area (TPSA) is 88.6 Å². The Labute approximate surface area is 173 Å². The van der Waals surface area contributed by atoms with E-state index in [1.165, 1.54) is 12.1 Å². The predicted octanol–water partition coefficient (Wildman–Crippen LogP) is 5.19. The minimum atomic E-state index is -4.89. The highest BCUT2D eigenvalue weighted by molar-refractivity contribution is 6.02. The second-order valence-electron chi connectivity index (χ2n) is 7.09. The SMILES string of the molecule is Cc1[nH]nc2ccc(C3C(C#N)=C(c4ccc(F)cc4)N=C(C(F)(F)F)C3C#N)cc12. The Bertz CT molecular complexity index is 1320. The van der Waals surface area contributed by atoms with Crippen molar-refractivity contribution in [2.45, 2.75) is 19.0 Å². The van der Waals surface area contributed by atoms with Crippen LogP contribution in [0.1, 0.15) is 22.7 Å². The molecule has 3 aromatic rings. The van der Waals surface area contributed by atoms with Crippen LogP contribution in [0.4, 0.5) is 17.6 Å². The third-order valence-electron chi connectivity index (χ3n) is 5.22. The van der Waals surface area contributed by atoms with Gasteiger partial charge in [-0.3, -0.25) is 5.10 Å². The summed E-state index contributed by atoms with van der Waals surface area (Å²) in [6.07, 6.45) is -4.89. The quantitative estimate of drug-likeness (QED) is 0.576. The number of aliphatic imine (C=N–C) groups is 1. The van der Waals surface area contributed by atoms with Crippen molar-refractivity contribution in [3.63, 3.8) is 0 Å². The van der Waals surface area contributed by atoms with Crippen molar-refractivity contribution in [3.8, 4) is 12.1 Å². The van der Waals surface area contributed by atoms with Crippen molar-refractivity contribution < 1.29 is 17.6 Å². The molecule has 1 aromatic heterocycles. The molecule has 0 saturated carbocycles. The van der Waals surface area contributed by atoms with Crippen LogP contribution >= 0.6 is 0 Å². The molecule has 1 N–H and O–H groups in total. The number of hydrogen-bond donors (Lipinski definition) is 1. The molecular formula is C22H13F4N5. The maximum absolute atomic E-state index is 13.9. The van der Waals surface area contributed by atoms with E-state index in [1.807, 2.05) is 6.07 Å². The van der Waals surface area contributed by atoms with Crippen LogP contribution in [0.25, 0.3) is 16.6 Å². The molecule has 4 rings (SSSR count). The molecule has 0 amide bonds. The Balaban J connectivity index is 2.01. The van der Waals surface area contributed by atoms with Crippen molar-refractivity contribution in [2.75, 3.05) is 0 Å². The van der Waals surface area contributed by atoms with E-state index in [2.05, 4.69) is 15.2 Å².